The molecule has 1 aromatic rings. The Morgan fingerprint density at radius 3 is 2.62 bits per heavy atom. The van der Waals surface area contributed by atoms with Crippen LogP contribution in [0.1, 0.15) is 5.56 Å². The van der Waals surface area contributed by atoms with E-state index in [-0.39, 0.29) is 0 Å². The summed E-state index contributed by atoms with van der Waals surface area (Å²) in [5.41, 5.74) is 1.08. The monoisotopic (exact) mass is 242 g/mol. The van der Waals surface area contributed by atoms with E-state index in [2.05, 4.69) is 4.99 Å². The van der Waals surface area contributed by atoms with E-state index >= 15 is 0 Å². The van der Waals surface area contributed by atoms with Gasteiger partial charge in [-0.2, -0.15) is 0 Å². The van der Waals surface area contributed by atoms with Crippen molar-refractivity contribution in [3.8, 4) is 5.75 Å². The van der Waals surface area contributed by atoms with Gasteiger partial charge in [-0.3, -0.25) is 4.42 Å². The van der Waals surface area contributed by atoms with E-state index in [9.17, 15) is 0 Å². The maximum atomic E-state index is 5.52. The molecule has 16 heavy (non-hydrogen) atoms. The second kappa shape index (κ2) is 7.09. The molecule has 0 N–H and O–H groups in total. The Hall–Kier alpha value is -1.26. The number of benzene rings is 1. The van der Waals surface area contributed by atoms with E-state index in [0.29, 0.717) is 13.3 Å². The molecule has 0 aliphatic carbocycles. The molecule has 0 atom stereocenters. The molecule has 0 aliphatic rings. The van der Waals surface area contributed by atoms with Gasteiger partial charge < -0.3 is 9.47 Å². The van der Waals surface area contributed by atoms with Crippen molar-refractivity contribution < 1.29 is 9.47 Å². The fraction of sp³-hybridized carbons (Fsp3) is 0.364. The first-order valence-electron chi connectivity index (χ1n) is 4.81. The average molecular weight is 243 g/mol. The van der Waals surface area contributed by atoms with Crippen LogP contribution >= 0.6 is 11.8 Å². The third kappa shape index (κ3) is 5.00. The standard InChI is InChI=1S/C11H15ClN2O2/c1-14(12)8-13-9-16-7-10-3-5-11(15-2)6-4-10/h3-6,8H,7,9H2,1-2H3/b13-8-. The Labute approximate surface area is 101 Å². The van der Waals surface area contributed by atoms with Gasteiger partial charge in [0.1, 0.15) is 18.8 Å². The van der Waals surface area contributed by atoms with Crippen LogP contribution in [0.25, 0.3) is 0 Å². The largest absolute Gasteiger partial charge is 0.497 e. The van der Waals surface area contributed by atoms with Gasteiger partial charge >= 0.3 is 0 Å². The fourth-order valence-corrected chi connectivity index (χ4v) is 1.15. The number of hydrogen-bond acceptors (Lipinski definition) is 3. The maximum absolute atomic E-state index is 5.52. The van der Waals surface area contributed by atoms with Gasteiger partial charge in [0, 0.05) is 18.8 Å². The quantitative estimate of drug-likeness (QED) is 0.332. The van der Waals surface area contributed by atoms with Gasteiger partial charge in [-0.05, 0) is 17.7 Å². The molecule has 0 radical (unpaired) electrons. The lowest BCUT2D eigenvalue weighted by molar-refractivity contribution is 0.128. The highest BCUT2D eigenvalue weighted by Crippen LogP contribution is 2.11. The summed E-state index contributed by atoms with van der Waals surface area (Å²) >= 11 is 5.52. The van der Waals surface area contributed by atoms with E-state index in [4.69, 9.17) is 21.3 Å². The van der Waals surface area contributed by atoms with Gasteiger partial charge in [0.15, 0.2) is 0 Å². The molecule has 0 fully saturated rings. The second-order valence-electron chi connectivity index (χ2n) is 3.15. The number of nitrogens with zero attached hydrogens (tertiary/aromatic N) is 2. The molecule has 0 unspecified atom stereocenters. The summed E-state index contributed by atoms with van der Waals surface area (Å²) < 4.78 is 11.7. The van der Waals surface area contributed by atoms with Crippen molar-refractivity contribution in [3.63, 3.8) is 0 Å². The highest BCUT2D eigenvalue weighted by Gasteiger charge is 1.93. The van der Waals surface area contributed by atoms with Crippen LogP contribution in [0.3, 0.4) is 0 Å². The zero-order valence-electron chi connectivity index (χ0n) is 9.39. The van der Waals surface area contributed by atoms with E-state index < -0.39 is 0 Å². The normalized spacial score (nSPS) is 10.7. The minimum atomic E-state index is 0.295. The molecular weight excluding hydrogens is 228 g/mol. The minimum Gasteiger partial charge on any atom is -0.497 e. The van der Waals surface area contributed by atoms with Gasteiger partial charge in [0.2, 0.25) is 0 Å². The summed E-state index contributed by atoms with van der Waals surface area (Å²) in [6.07, 6.45) is 1.50. The molecule has 0 bridgehead atoms. The lowest BCUT2D eigenvalue weighted by Crippen LogP contribution is -2.01. The molecule has 1 rings (SSSR count). The first-order chi connectivity index (χ1) is 7.72. The number of ether oxygens (including phenoxy) is 2. The first-order valence-corrected chi connectivity index (χ1v) is 5.15. The first kappa shape index (κ1) is 12.8. The van der Waals surface area contributed by atoms with Crippen LogP contribution in [0.15, 0.2) is 29.3 Å². The van der Waals surface area contributed by atoms with Gasteiger partial charge in [-0.1, -0.05) is 12.1 Å². The Morgan fingerprint density at radius 1 is 1.38 bits per heavy atom. The number of rotatable bonds is 6. The van der Waals surface area contributed by atoms with Crippen molar-refractivity contribution in [2.45, 2.75) is 6.61 Å². The van der Waals surface area contributed by atoms with E-state index in [1.165, 1.54) is 10.8 Å². The molecule has 0 aliphatic heterocycles. The number of aliphatic imine (C=N–C) groups is 1. The predicted octanol–water partition coefficient (Wildman–Crippen LogP) is 2.28. The van der Waals surface area contributed by atoms with Crippen LogP contribution < -0.4 is 4.74 Å². The van der Waals surface area contributed by atoms with E-state index in [1.807, 2.05) is 24.3 Å². The van der Waals surface area contributed by atoms with Crippen LogP contribution in [0, 0.1) is 0 Å². The maximum Gasteiger partial charge on any atom is 0.139 e. The van der Waals surface area contributed by atoms with Crippen LogP contribution in [0.2, 0.25) is 0 Å². The van der Waals surface area contributed by atoms with Crippen molar-refractivity contribution in [2.24, 2.45) is 4.99 Å². The van der Waals surface area contributed by atoms with Gasteiger partial charge in [0.05, 0.1) is 13.7 Å². The molecule has 4 nitrogen and oxygen atoms in total. The van der Waals surface area contributed by atoms with E-state index in [0.717, 1.165) is 11.3 Å². The Morgan fingerprint density at radius 2 is 2.06 bits per heavy atom. The zero-order valence-corrected chi connectivity index (χ0v) is 10.1. The highest BCUT2D eigenvalue weighted by molar-refractivity contribution is 6.18. The van der Waals surface area contributed by atoms with Gasteiger partial charge in [0.25, 0.3) is 0 Å². The molecule has 0 amide bonds. The average Bonchev–Trinajstić information content (AvgIpc) is 2.29. The van der Waals surface area contributed by atoms with Crippen molar-refractivity contribution >= 4 is 18.1 Å². The summed E-state index contributed by atoms with van der Waals surface area (Å²) in [5.74, 6) is 0.838. The predicted molar refractivity (Wildman–Crippen MR) is 64.8 cm³/mol. The SMILES string of the molecule is COc1ccc(COC/N=C\N(C)Cl)cc1. The summed E-state index contributed by atoms with van der Waals surface area (Å²) in [6.45, 7) is 0.816. The topological polar surface area (TPSA) is 34.1 Å². The second-order valence-corrected chi connectivity index (χ2v) is 3.68. The number of hydrogen-bond donors (Lipinski definition) is 0. The fourth-order valence-electron chi connectivity index (χ4n) is 1.08. The van der Waals surface area contributed by atoms with E-state index in [1.54, 1.807) is 14.2 Å². The molecular formula is C11H15ClN2O2. The summed E-state index contributed by atoms with van der Waals surface area (Å²) in [4.78, 5) is 3.94. The Balaban J connectivity index is 2.26. The minimum absolute atomic E-state index is 0.295. The molecule has 1 aromatic carbocycles. The Bertz CT molecular complexity index is 325. The van der Waals surface area contributed by atoms with Crippen molar-refractivity contribution in [3.05, 3.63) is 29.8 Å². The number of halogens is 1. The van der Waals surface area contributed by atoms with Crippen LogP contribution in [-0.4, -0.2) is 31.6 Å². The molecule has 5 heteroatoms. The smallest absolute Gasteiger partial charge is 0.139 e. The summed E-state index contributed by atoms with van der Waals surface area (Å²) in [5, 5.41) is 0. The Kier molecular flexibility index (Phi) is 5.67. The number of methoxy groups -OCH3 is 1. The van der Waals surface area contributed by atoms with Crippen LogP contribution in [-0.2, 0) is 11.3 Å². The molecule has 88 valence electrons. The molecule has 0 aromatic heterocycles. The lowest BCUT2D eigenvalue weighted by Gasteiger charge is -2.04. The third-order valence-electron chi connectivity index (χ3n) is 1.83. The molecule has 0 saturated heterocycles. The van der Waals surface area contributed by atoms with Crippen LogP contribution in [0.4, 0.5) is 0 Å². The lowest BCUT2D eigenvalue weighted by atomic mass is 10.2. The van der Waals surface area contributed by atoms with Gasteiger partial charge in [-0.15, -0.1) is 0 Å². The van der Waals surface area contributed by atoms with Gasteiger partial charge in [-0.25, -0.2) is 4.99 Å². The molecule has 0 spiro atoms. The van der Waals surface area contributed by atoms with Crippen molar-refractivity contribution in [1.82, 2.24) is 4.42 Å². The molecule has 0 heterocycles. The van der Waals surface area contributed by atoms with Crippen molar-refractivity contribution in [2.75, 3.05) is 20.9 Å². The van der Waals surface area contributed by atoms with Crippen molar-refractivity contribution in [1.29, 1.82) is 0 Å². The third-order valence-corrected chi connectivity index (χ3v) is 1.92. The zero-order chi connectivity index (χ0) is 11.8. The molecule has 0 saturated carbocycles. The summed E-state index contributed by atoms with van der Waals surface area (Å²) in [7, 11) is 3.33. The highest BCUT2D eigenvalue weighted by atomic mass is 35.5. The summed E-state index contributed by atoms with van der Waals surface area (Å²) in [6, 6.07) is 7.70. The van der Waals surface area contributed by atoms with Crippen LogP contribution in [0.5, 0.6) is 5.75 Å².